The van der Waals surface area contributed by atoms with Gasteiger partial charge in [-0.2, -0.15) is 0 Å². The highest BCUT2D eigenvalue weighted by Crippen LogP contribution is 2.31. The standard InChI is InChI=1S/C9H12O3S/c1-11-7-3-4-9(13-6-10)8(5-7)12-2/h3-5,10H,6H2,1-2H3. The maximum atomic E-state index is 8.74. The van der Waals surface area contributed by atoms with Crippen molar-refractivity contribution in [2.45, 2.75) is 4.90 Å². The molecule has 0 saturated carbocycles. The average molecular weight is 200 g/mol. The Bertz CT molecular complexity index is 276. The molecule has 1 rings (SSSR count). The predicted octanol–water partition coefficient (Wildman–Crippen LogP) is 1.75. The quantitative estimate of drug-likeness (QED) is 0.593. The van der Waals surface area contributed by atoms with Crippen molar-refractivity contribution in [3.63, 3.8) is 0 Å². The Morgan fingerprint density at radius 2 is 2.08 bits per heavy atom. The van der Waals surface area contributed by atoms with Gasteiger partial charge >= 0.3 is 0 Å². The Hall–Kier alpha value is -0.870. The molecule has 0 heterocycles. The monoisotopic (exact) mass is 200 g/mol. The second kappa shape index (κ2) is 4.99. The van der Waals surface area contributed by atoms with Crippen LogP contribution < -0.4 is 9.47 Å². The fourth-order valence-corrected chi connectivity index (χ4v) is 1.55. The predicted molar refractivity (Wildman–Crippen MR) is 52.5 cm³/mol. The number of methoxy groups -OCH3 is 2. The van der Waals surface area contributed by atoms with Crippen molar-refractivity contribution in [1.82, 2.24) is 0 Å². The molecule has 0 saturated heterocycles. The number of hydrogen-bond acceptors (Lipinski definition) is 4. The third-order valence-corrected chi connectivity index (χ3v) is 2.37. The normalized spacial score (nSPS) is 9.77. The lowest BCUT2D eigenvalue weighted by Crippen LogP contribution is -1.89. The van der Waals surface area contributed by atoms with E-state index in [1.165, 1.54) is 11.8 Å². The molecule has 0 unspecified atom stereocenters. The van der Waals surface area contributed by atoms with E-state index in [2.05, 4.69) is 0 Å². The van der Waals surface area contributed by atoms with E-state index in [4.69, 9.17) is 14.6 Å². The van der Waals surface area contributed by atoms with Crippen molar-refractivity contribution < 1.29 is 14.6 Å². The number of thioether (sulfide) groups is 1. The number of benzene rings is 1. The molecule has 72 valence electrons. The van der Waals surface area contributed by atoms with Gasteiger partial charge in [-0.3, -0.25) is 0 Å². The van der Waals surface area contributed by atoms with E-state index in [1.54, 1.807) is 20.3 Å². The Morgan fingerprint density at radius 1 is 1.31 bits per heavy atom. The molecule has 1 aromatic carbocycles. The van der Waals surface area contributed by atoms with Crippen LogP contribution in [0.4, 0.5) is 0 Å². The zero-order valence-corrected chi connectivity index (χ0v) is 8.43. The van der Waals surface area contributed by atoms with Gasteiger partial charge in [-0.25, -0.2) is 0 Å². The molecule has 0 aliphatic heterocycles. The van der Waals surface area contributed by atoms with Crippen LogP contribution in [0, 0.1) is 0 Å². The highest BCUT2D eigenvalue weighted by Gasteiger charge is 2.04. The molecule has 0 amide bonds. The molecule has 4 heteroatoms. The first kappa shape index (κ1) is 10.2. The van der Waals surface area contributed by atoms with Crippen LogP contribution in [0.15, 0.2) is 23.1 Å². The van der Waals surface area contributed by atoms with Crippen LogP contribution in [0.3, 0.4) is 0 Å². The molecule has 0 aliphatic rings. The molecule has 0 aromatic heterocycles. The number of aliphatic hydroxyl groups is 1. The zero-order valence-electron chi connectivity index (χ0n) is 7.61. The van der Waals surface area contributed by atoms with Crippen LogP contribution in [0.2, 0.25) is 0 Å². The van der Waals surface area contributed by atoms with E-state index in [0.29, 0.717) is 0 Å². The minimum absolute atomic E-state index is 0.0443. The van der Waals surface area contributed by atoms with E-state index < -0.39 is 0 Å². The van der Waals surface area contributed by atoms with E-state index in [0.717, 1.165) is 16.4 Å². The molecule has 0 atom stereocenters. The summed E-state index contributed by atoms with van der Waals surface area (Å²) in [5, 5.41) is 8.74. The second-order valence-electron chi connectivity index (χ2n) is 2.29. The van der Waals surface area contributed by atoms with Gasteiger partial charge in [-0.1, -0.05) is 11.8 Å². The number of aliphatic hydroxyl groups excluding tert-OH is 1. The SMILES string of the molecule is COc1ccc(SCO)c(OC)c1. The lowest BCUT2D eigenvalue weighted by Gasteiger charge is -2.08. The van der Waals surface area contributed by atoms with E-state index >= 15 is 0 Å². The van der Waals surface area contributed by atoms with Crippen molar-refractivity contribution >= 4 is 11.8 Å². The van der Waals surface area contributed by atoms with Crippen molar-refractivity contribution in [3.8, 4) is 11.5 Å². The molecular formula is C9H12O3S. The lowest BCUT2D eigenvalue weighted by atomic mass is 10.3. The largest absolute Gasteiger partial charge is 0.497 e. The molecule has 0 fully saturated rings. The molecule has 0 radical (unpaired) electrons. The number of ether oxygens (including phenoxy) is 2. The summed E-state index contributed by atoms with van der Waals surface area (Å²) in [6.07, 6.45) is 0. The minimum Gasteiger partial charge on any atom is -0.497 e. The molecule has 0 bridgehead atoms. The van der Waals surface area contributed by atoms with Gasteiger partial charge in [0.2, 0.25) is 0 Å². The molecule has 13 heavy (non-hydrogen) atoms. The highest BCUT2D eigenvalue weighted by molar-refractivity contribution is 7.99. The summed E-state index contributed by atoms with van der Waals surface area (Å²) in [7, 11) is 3.20. The summed E-state index contributed by atoms with van der Waals surface area (Å²) in [6, 6.07) is 5.48. The third kappa shape index (κ3) is 2.54. The first-order valence-corrected chi connectivity index (χ1v) is 4.76. The summed E-state index contributed by atoms with van der Waals surface area (Å²) < 4.78 is 10.2. The lowest BCUT2D eigenvalue weighted by molar-refractivity contribution is 0.372. The van der Waals surface area contributed by atoms with Gasteiger partial charge in [0.15, 0.2) is 0 Å². The van der Waals surface area contributed by atoms with Crippen molar-refractivity contribution in [2.75, 3.05) is 20.2 Å². The van der Waals surface area contributed by atoms with Gasteiger partial charge in [-0.15, -0.1) is 0 Å². The number of rotatable bonds is 4. The van der Waals surface area contributed by atoms with Gasteiger partial charge in [0.25, 0.3) is 0 Å². The summed E-state index contributed by atoms with van der Waals surface area (Å²) >= 11 is 1.32. The van der Waals surface area contributed by atoms with Crippen molar-refractivity contribution in [1.29, 1.82) is 0 Å². The molecule has 0 aliphatic carbocycles. The molecule has 1 N–H and O–H groups in total. The summed E-state index contributed by atoms with van der Waals surface area (Å²) in [6.45, 7) is 0. The first-order chi connectivity index (χ1) is 6.31. The maximum Gasteiger partial charge on any atom is 0.136 e. The maximum absolute atomic E-state index is 8.74. The Balaban J connectivity index is 2.93. The Kier molecular flexibility index (Phi) is 3.92. The zero-order chi connectivity index (χ0) is 9.68. The van der Waals surface area contributed by atoms with Crippen molar-refractivity contribution in [2.24, 2.45) is 0 Å². The van der Waals surface area contributed by atoms with Gasteiger partial charge in [-0.05, 0) is 12.1 Å². The van der Waals surface area contributed by atoms with Gasteiger partial charge in [0, 0.05) is 6.07 Å². The van der Waals surface area contributed by atoms with E-state index in [1.807, 2.05) is 12.1 Å². The topological polar surface area (TPSA) is 38.7 Å². The summed E-state index contributed by atoms with van der Waals surface area (Å²) in [5.74, 6) is 1.51. The molecule has 0 spiro atoms. The third-order valence-electron chi connectivity index (χ3n) is 1.59. The smallest absolute Gasteiger partial charge is 0.136 e. The fourth-order valence-electron chi connectivity index (χ4n) is 0.964. The summed E-state index contributed by atoms with van der Waals surface area (Å²) in [5.41, 5.74) is 0. The van der Waals surface area contributed by atoms with E-state index in [-0.39, 0.29) is 5.94 Å². The van der Waals surface area contributed by atoms with Crippen molar-refractivity contribution in [3.05, 3.63) is 18.2 Å². The van der Waals surface area contributed by atoms with Crippen LogP contribution >= 0.6 is 11.8 Å². The van der Waals surface area contributed by atoms with Gasteiger partial charge < -0.3 is 14.6 Å². The molecule has 1 aromatic rings. The Labute approximate surface area is 81.7 Å². The first-order valence-electron chi connectivity index (χ1n) is 3.77. The van der Waals surface area contributed by atoms with Crippen LogP contribution in [0.25, 0.3) is 0 Å². The van der Waals surface area contributed by atoms with Crippen LogP contribution in [-0.2, 0) is 0 Å². The van der Waals surface area contributed by atoms with Crippen LogP contribution in [0.5, 0.6) is 11.5 Å². The minimum atomic E-state index is 0.0443. The fraction of sp³-hybridized carbons (Fsp3) is 0.333. The van der Waals surface area contributed by atoms with Gasteiger partial charge in [0.1, 0.15) is 11.5 Å². The van der Waals surface area contributed by atoms with Gasteiger partial charge in [0.05, 0.1) is 25.1 Å². The molecule has 3 nitrogen and oxygen atoms in total. The second-order valence-corrected chi connectivity index (χ2v) is 3.28. The van der Waals surface area contributed by atoms with Crippen LogP contribution in [-0.4, -0.2) is 25.3 Å². The number of hydrogen-bond donors (Lipinski definition) is 1. The Morgan fingerprint density at radius 3 is 2.62 bits per heavy atom. The average Bonchev–Trinajstić information content (AvgIpc) is 2.19. The highest BCUT2D eigenvalue weighted by atomic mass is 32.2. The summed E-state index contributed by atoms with van der Waals surface area (Å²) in [4.78, 5) is 0.908. The van der Waals surface area contributed by atoms with E-state index in [9.17, 15) is 0 Å². The molecular weight excluding hydrogens is 188 g/mol. The van der Waals surface area contributed by atoms with Crippen LogP contribution in [0.1, 0.15) is 0 Å².